The molecule has 7 heteroatoms. The third-order valence-electron chi connectivity index (χ3n) is 2.45. The Morgan fingerprint density at radius 3 is 2.32 bits per heavy atom. The van der Waals surface area contributed by atoms with Gasteiger partial charge in [0.1, 0.15) is 5.75 Å². The van der Waals surface area contributed by atoms with Crippen molar-refractivity contribution in [3.63, 3.8) is 0 Å². The number of nitrogens with two attached hydrogens (primary N) is 1. The number of primary amides is 1. The van der Waals surface area contributed by atoms with E-state index in [1.807, 2.05) is 0 Å². The Morgan fingerprint density at radius 1 is 1.32 bits per heavy atom. The molecule has 0 spiro atoms. The summed E-state index contributed by atoms with van der Waals surface area (Å²) >= 11 is 0. The first-order chi connectivity index (χ1) is 8.62. The Morgan fingerprint density at radius 2 is 1.89 bits per heavy atom. The minimum absolute atomic E-state index is 0.282. The first-order valence-corrected chi connectivity index (χ1v) is 5.31. The number of rotatable bonds is 4. The molecule has 0 aromatic heterocycles. The van der Waals surface area contributed by atoms with E-state index in [0.29, 0.717) is 6.07 Å². The predicted molar refractivity (Wildman–Crippen MR) is 60.7 cm³/mol. The molecule has 0 radical (unpaired) electrons. The molecule has 4 nitrogen and oxygen atoms in total. The van der Waals surface area contributed by atoms with Crippen molar-refractivity contribution in [3.8, 4) is 5.75 Å². The summed E-state index contributed by atoms with van der Waals surface area (Å²) in [7, 11) is 0. The highest BCUT2D eigenvalue weighted by Crippen LogP contribution is 2.37. The van der Waals surface area contributed by atoms with E-state index in [1.165, 1.54) is 13.8 Å². The number of halogens is 3. The molecule has 1 rings (SSSR count). The Balaban J connectivity index is 3.24. The number of alkyl halides is 3. The summed E-state index contributed by atoms with van der Waals surface area (Å²) in [4.78, 5) is 21.9. The zero-order valence-electron chi connectivity index (χ0n) is 10.2. The van der Waals surface area contributed by atoms with Crippen LogP contribution in [0.25, 0.3) is 0 Å². The highest BCUT2D eigenvalue weighted by molar-refractivity contribution is 5.93. The molecule has 0 aliphatic rings. The molecule has 1 aromatic carbocycles. The largest absolute Gasteiger partial charge is 0.482 e. The molecule has 1 unspecified atom stereocenters. The van der Waals surface area contributed by atoms with Gasteiger partial charge in [-0.05, 0) is 32.0 Å². The van der Waals surface area contributed by atoms with E-state index >= 15 is 0 Å². The lowest BCUT2D eigenvalue weighted by atomic mass is 10.1. The number of hydrogen-bond donors (Lipinski definition) is 1. The average Bonchev–Trinajstić information content (AvgIpc) is 2.27. The molecule has 0 aliphatic heterocycles. The highest BCUT2D eigenvalue weighted by atomic mass is 19.4. The fraction of sp³-hybridized carbons (Fsp3) is 0.333. The Hall–Kier alpha value is -2.05. The van der Waals surface area contributed by atoms with Gasteiger partial charge in [-0.1, -0.05) is 0 Å². The van der Waals surface area contributed by atoms with Crippen LogP contribution in [0.2, 0.25) is 0 Å². The van der Waals surface area contributed by atoms with Crippen molar-refractivity contribution in [2.24, 2.45) is 5.73 Å². The number of amides is 1. The molecular formula is C12H12F3NO3. The van der Waals surface area contributed by atoms with Crippen molar-refractivity contribution in [1.82, 2.24) is 0 Å². The Bertz CT molecular complexity index is 511. The quantitative estimate of drug-likeness (QED) is 0.915. The van der Waals surface area contributed by atoms with E-state index in [9.17, 15) is 22.8 Å². The average molecular weight is 275 g/mol. The molecule has 1 amide bonds. The van der Waals surface area contributed by atoms with Crippen molar-refractivity contribution in [3.05, 3.63) is 29.3 Å². The Kier molecular flexibility index (Phi) is 4.18. The SMILES string of the molecule is CC(=O)C(C)Oc1ccc(C(N)=O)cc1C(F)(F)F. The molecule has 19 heavy (non-hydrogen) atoms. The Labute approximate surface area is 107 Å². The topological polar surface area (TPSA) is 69.4 Å². The molecule has 1 aromatic rings. The lowest BCUT2D eigenvalue weighted by molar-refractivity contribution is -0.140. The van der Waals surface area contributed by atoms with Crippen LogP contribution < -0.4 is 10.5 Å². The molecule has 0 bridgehead atoms. The molecule has 1 atom stereocenters. The molecule has 0 saturated heterocycles. The van der Waals surface area contributed by atoms with E-state index in [2.05, 4.69) is 0 Å². The van der Waals surface area contributed by atoms with E-state index in [1.54, 1.807) is 0 Å². The maximum Gasteiger partial charge on any atom is 0.419 e. The van der Waals surface area contributed by atoms with Gasteiger partial charge >= 0.3 is 6.18 Å². The van der Waals surface area contributed by atoms with Crippen LogP contribution in [0.3, 0.4) is 0 Å². The summed E-state index contributed by atoms with van der Waals surface area (Å²) in [6.45, 7) is 2.54. The maximum absolute atomic E-state index is 12.8. The second-order valence-corrected chi connectivity index (χ2v) is 3.94. The first-order valence-electron chi connectivity index (χ1n) is 5.31. The van der Waals surface area contributed by atoms with E-state index in [-0.39, 0.29) is 5.56 Å². The van der Waals surface area contributed by atoms with Gasteiger partial charge in [0, 0.05) is 5.56 Å². The minimum Gasteiger partial charge on any atom is -0.482 e. The highest BCUT2D eigenvalue weighted by Gasteiger charge is 2.35. The fourth-order valence-electron chi connectivity index (χ4n) is 1.28. The van der Waals surface area contributed by atoms with Crippen LogP contribution in [-0.4, -0.2) is 17.8 Å². The number of ether oxygens (including phenoxy) is 1. The van der Waals surface area contributed by atoms with Gasteiger partial charge in [0.05, 0.1) is 5.56 Å². The number of benzene rings is 1. The molecule has 0 fully saturated rings. The summed E-state index contributed by atoms with van der Waals surface area (Å²) in [5, 5.41) is 0. The fourth-order valence-corrected chi connectivity index (χ4v) is 1.28. The third-order valence-corrected chi connectivity index (χ3v) is 2.45. The van der Waals surface area contributed by atoms with Crippen molar-refractivity contribution < 1.29 is 27.5 Å². The van der Waals surface area contributed by atoms with Crippen LogP contribution in [0.4, 0.5) is 13.2 Å². The number of Topliss-reactive ketones (excluding diaryl/α,β-unsaturated/α-hetero) is 1. The van der Waals surface area contributed by atoms with Crippen molar-refractivity contribution in [1.29, 1.82) is 0 Å². The van der Waals surface area contributed by atoms with Crippen LogP contribution in [-0.2, 0) is 11.0 Å². The van der Waals surface area contributed by atoms with Crippen molar-refractivity contribution >= 4 is 11.7 Å². The standard InChI is InChI=1S/C12H12F3NO3/c1-6(17)7(2)19-10-4-3-8(11(16)18)5-9(10)12(13,14)15/h3-5,7H,1-2H3,(H2,16,18). The second-order valence-electron chi connectivity index (χ2n) is 3.94. The first kappa shape index (κ1) is 15.0. The summed E-state index contributed by atoms with van der Waals surface area (Å²) in [5.74, 6) is -1.90. The number of hydrogen-bond acceptors (Lipinski definition) is 3. The number of carbonyl (C=O) groups excluding carboxylic acids is 2. The minimum atomic E-state index is -4.71. The number of carbonyl (C=O) groups is 2. The summed E-state index contributed by atoms with van der Waals surface area (Å²) in [6.07, 6.45) is -5.72. The van der Waals surface area contributed by atoms with E-state index < -0.39 is 35.3 Å². The zero-order valence-corrected chi connectivity index (χ0v) is 10.2. The summed E-state index contributed by atoms with van der Waals surface area (Å²) < 4.78 is 43.4. The molecule has 0 aliphatic carbocycles. The van der Waals surface area contributed by atoms with Crippen LogP contribution in [0, 0.1) is 0 Å². The normalized spacial score (nSPS) is 12.9. The van der Waals surface area contributed by atoms with Crippen LogP contribution in [0.5, 0.6) is 5.75 Å². The van der Waals surface area contributed by atoms with E-state index in [0.717, 1.165) is 12.1 Å². The van der Waals surface area contributed by atoms with Crippen molar-refractivity contribution in [2.45, 2.75) is 26.1 Å². The van der Waals surface area contributed by atoms with Gasteiger partial charge in [-0.25, -0.2) is 0 Å². The van der Waals surface area contributed by atoms with Gasteiger partial charge in [0.15, 0.2) is 11.9 Å². The van der Waals surface area contributed by atoms with Gasteiger partial charge in [-0.2, -0.15) is 13.2 Å². The van der Waals surface area contributed by atoms with Crippen LogP contribution in [0.15, 0.2) is 18.2 Å². The third kappa shape index (κ3) is 3.70. The zero-order chi connectivity index (χ0) is 14.8. The molecule has 0 heterocycles. The molecule has 0 saturated carbocycles. The predicted octanol–water partition coefficient (Wildman–Crippen LogP) is 2.16. The smallest absolute Gasteiger partial charge is 0.419 e. The summed E-state index contributed by atoms with van der Waals surface area (Å²) in [5.41, 5.74) is 3.50. The maximum atomic E-state index is 12.8. The van der Waals surface area contributed by atoms with Crippen LogP contribution in [0.1, 0.15) is 29.8 Å². The van der Waals surface area contributed by atoms with Gasteiger partial charge in [-0.15, -0.1) is 0 Å². The molecule has 104 valence electrons. The molecular weight excluding hydrogens is 263 g/mol. The van der Waals surface area contributed by atoms with Crippen molar-refractivity contribution in [2.75, 3.05) is 0 Å². The van der Waals surface area contributed by atoms with Gasteiger partial charge in [0.25, 0.3) is 0 Å². The van der Waals surface area contributed by atoms with Gasteiger partial charge in [-0.3, -0.25) is 9.59 Å². The second kappa shape index (κ2) is 5.29. The molecule has 2 N–H and O–H groups in total. The number of ketones is 1. The lowest BCUT2D eigenvalue weighted by Crippen LogP contribution is -2.23. The summed E-state index contributed by atoms with van der Waals surface area (Å²) in [6, 6.07) is 2.69. The lowest BCUT2D eigenvalue weighted by Gasteiger charge is -2.17. The van der Waals surface area contributed by atoms with Gasteiger partial charge in [0.2, 0.25) is 5.91 Å². The van der Waals surface area contributed by atoms with Crippen LogP contribution >= 0.6 is 0 Å². The van der Waals surface area contributed by atoms with Gasteiger partial charge < -0.3 is 10.5 Å². The van der Waals surface area contributed by atoms with E-state index in [4.69, 9.17) is 10.5 Å². The monoisotopic (exact) mass is 275 g/mol.